The van der Waals surface area contributed by atoms with E-state index in [1.807, 2.05) is 66.7 Å². The van der Waals surface area contributed by atoms with Crippen LogP contribution in [0.3, 0.4) is 0 Å². The molecule has 0 heterocycles. The summed E-state index contributed by atoms with van der Waals surface area (Å²) in [6.45, 7) is 4.80. The average molecular weight is 759 g/mol. The van der Waals surface area contributed by atoms with Crippen LogP contribution >= 0.6 is 15.9 Å². The third kappa shape index (κ3) is 9.94. The van der Waals surface area contributed by atoms with E-state index in [-0.39, 0.29) is 31.3 Å². The van der Waals surface area contributed by atoms with Crippen molar-refractivity contribution in [3.63, 3.8) is 0 Å². The number of esters is 1. The zero-order chi connectivity index (χ0) is 36.5. The lowest BCUT2D eigenvalue weighted by Gasteiger charge is -2.22. The fourth-order valence-corrected chi connectivity index (χ4v) is 5.79. The molecule has 0 radical (unpaired) electrons. The Labute approximate surface area is 302 Å². The van der Waals surface area contributed by atoms with E-state index in [2.05, 4.69) is 32.1 Å². The van der Waals surface area contributed by atoms with E-state index in [4.69, 9.17) is 18.9 Å². The predicted molar refractivity (Wildman–Crippen MR) is 189 cm³/mol. The molecule has 4 aromatic carbocycles. The summed E-state index contributed by atoms with van der Waals surface area (Å²) < 4.78 is 21.8. The zero-order valence-corrected chi connectivity index (χ0v) is 29.7. The highest BCUT2D eigenvalue weighted by Crippen LogP contribution is 2.44. The summed E-state index contributed by atoms with van der Waals surface area (Å²) in [6, 6.07) is 27.8. The Balaban J connectivity index is 1.18. The molecule has 12 nitrogen and oxygen atoms in total. The minimum Gasteiger partial charge on any atom is -0.453 e. The van der Waals surface area contributed by atoms with Crippen LogP contribution in [0.5, 0.6) is 5.75 Å². The number of fused-ring (bicyclic) bond motifs is 3. The average Bonchev–Trinajstić information content (AvgIpc) is 3.42. The number of halogens is 1. The second-order valence-corrected chi connectivity index (χ2v) is 13.4. The summed E-state index contributed by atoms with van der Waals surface area (Å²) in [7, 11) is 0. The van der Waals surface area contributed by atoms with Gasteiger partial charge in [0.05, 0.1) is 0 Å². The predicted octanol–water partition coefficient (Wildman–Crippen LogP) is 6.10. The van der Waals surface area contributed by atoms with E-state index in [9.17, 15) is 24.0 Å². The van der Waals surface area contributed by atoms with Crippen LogP contribution in [0.1, 0.15) is 48.9 Å². The topological polar surface area (TPSA) is 158 Å². The Morgan fingerprint density at radius 3 is 2.00 bits per heavy atom. The molecule has 1 atom stereocenters. The summed E-state index contributed by atoms with van der Waals surface area (Å²) in [5, 5.41) is 2.37. The lowest BCUT2D eigenvalue weighted by molar-refractivity contribution is -0.163. The molecule has 1 aliphatic rings. The summed E-state index contributed by atoms with van der Waals surface area (Å²) in [5.74, 6) is -3.20. The highest BCUT2D eigenvalue weighted by molar-refractivity contribution is 9.10. The van der Waals surface area contributed by atoms with Crippen molar-refractivity contribution >= 4 is 46.0 Å². The van der Waals surface area contributed by atoms with Gasteiger partial charge < -0.3 is 24.3 Å². The van der Waals surface area contributed by atoms with Gasteiger partial charge in [-0.15, -0.1) is 0 Å². The molecule has 0 fully saturated rings. The number of carbonyl (C=O) groups excluding carboxylic acids is 5. The highest BCUT2D eigenvalue weighted by atomic mass is 79.9. The molecule has 0 spiro atoms. The number of carbonyl (C=O) groups is 5. The van der Waals surface area contributed by atoms with Crippen molar-refractivity contribution in [3.8, 4) is 16.9 Å². The lowest BCUT2D eigenvalue weighted by Crippen LogP contribution is -2.54. The smallest absolute Gasteiger partial charge is 0.453 e. The molecule has 3 N–H and O–H groups in total. The Morgan fingerprint density at radius 2 is 1.37 bits per heavy atom. The van der Waals surface area contributed by atoms with Crippen LogP contribution in [-0.4, -0.2) is 48.3 Å². The molecule has 4 aromatic rings. The van der Waals surface area contributed by atoms with Gasteiger partial charge in [-0.3, -0.25) is 15.0 Å². The third-order valence-corrected chi connectivity index (χ3v) is 8.48. The standard InChI is InChI=1S/C38H36BrN3O9/c1-38(2,3)51-35(45)34(44)40-32(20-23-16-18-25(19-17-23)50-37(47)49-21-24-10-4-9-15-31(24)39)33(43)41-42-36(46)48-22-30-28-13-7-5-11-26(28)27-12-6-8-14-29(27)30/h4-19,30,32H,20-22H2,1-3H3,(H,40,44)(H,41,43)(H,42,46)/t32-/m0/s1. The first-order chi connectivity index (χ1) is 24.4. The van der Waals surface area contributed by atoms with Crippen LogP contribution < -0.4 is 20.9 Å². The fourth-order valence-electron chi connectivity index (χ4n) is 5.39. The second kappa shape index (κ2) is 16.3. The molecule has 0 bridgehead atoms. The van der Waals surface area contributed by atoms with Gasteiger partial charge in [0.1, 0.15) is 30.6 Å². The molecule has 13 heteroatoms. The first kappa shape index (κ1) is 36.6. The monoisotopic (exact) mass is 757 g/mol. The molecule has 0 unspecified atom stereocenters. The van der Waals surface area contributed by atoms with Gasteiger partial charge in [-0.05, 0) is 66.8 Å². The first-order valence-corrected chi connectivity index (χ1v) is 16.8. The number of nitrogens with one attached hydrogen (secondary N) is 3. The van der Waals surface area contributed by atoms with Crippen LogP contribution in [0.2, 0.25) is 0 Å². The largest absolute Gasteiger partial charge is 0.514 e. The maximum Gasteiger partial charge on any atom is 0.514 e. The van der Waals surface area contributed by atoms with Crippen LogP contribution in [0, 0.1) is 0 Å². The molecule has 264 valence electrons. The van der Waals surface area contributed by atoms with E-state index in [0.717, 1.165) is 32.3 Å². The molecule has 5 rings (SSSR count). The van der Waals surface area contributed by atoms with Gasteiger partial charge in [-0.25, -0.2) is 19.8 Å². The lowest BCUT2D eigenvalue weighted by atomic mass is 9.98. The van der Waals surface area contributed by atoms with Crippen LogP contribution in [0.4, 0.5) is 9.59 Å². The van der Waals surface area contributed by atoms with Crippen molar-refractivity contribution in [2.24, 2.45) is 0 Å². The van der Waals surface area contributed by atoms with E-state index < -0.39 is 41.7 Å². The van der Waals surface area contributed by atoms with Crippen molar-refractivity contribution in [2.75, 3.05) is 6.61 Å². The molecule has 3 amide bonds. The number of benzene rings is 4. The molecule has 0 aliphatic heterocycles. The van der Waals surface area contributed by atoms with Gasteiger partial charge >= 0.3 is 24.1 Å². The van der Waals surface area contributed by atoms with Crippen molar-refractivity contribution in [1.82, 2.24) is 16.2 Å². The Kier molecular flexibility index (Phi) is 11.7. The highest BCUT2D eigenvalue weighted by Gasteiger charge is 2.31. The summed E-state index contributed by atoms with van der Waals surface area (Å²) in [5.41, 5.74) is 8.98. The van der Waals surface area contributed by atoms with E-state index in [1.54, 1.807) is 39.0 Å². The van der Waals surface area contributed by atoms with Crippen LogP contribution in [0.15, 0.2) is 102 Å². The molecule has 1 aliphatic carbocycles. The van der Waals surface area contributed by atoms with Gasteiger partial charge in [0.15, 0.2) is 0 Å². The maximum absolute atomic E-state index is 13.3. The van der Waals surface area contributed by atoms with Gasteiger partial charge in [-0.1, -0.05) is 94.8 Å². The Hall–Kier alpha value is -5.69. The summed E-state index contributed by atoms with van der Waals surface area (Å²) >= 11 is 3.39. The number of amides is 3. The van der Waals surface area contributed by atoms with Crippen LogP contribution in [0.25, 0.3) is 11.1 Å². The minimum atomic E-state index is -1.33. The molecule has 51 heavy (non-hydrogen) atoms. The molecule has 0 aromatic heterocycles. The van der Waals surface area contributed by atoms with E-state index in [0.29, 0.717) is 5.56 Å². The quantitative estimate of drug-likeness (QED) is 0.0603. The number of hydrogen-bond acceptors (Lipinski definition) is 9. The summed E-state index contributed by atoms with van der Waals surface area (Å²) in [6.07, 6.45) is -1.95. The molecule has 0 saturated carbocycles. The zero-order valence-electron chi connectivity index (χ0n) is 28.1. The molecule has 0 saturated heterocycles. The number of rotatable bonds is 9. The van der Waals surface area contributed by atoms with Gasteiger partial charge in [0, 0.05) is 22.4 Å². The van der Waals surface area contributed by atoms with Gasteiger partial charge in [0.2, 0.25) is 0 Å². The first-order valence-electron chi connectivity index (χ1n) is 16.0. The van der Waals surface area contributed by atoms with Gasteiger partial charge in [-0.2, -0.15) is 0 Å². The van der Waals surface area contributed by atoms with E-state index in [1.165, 1.54) is 12.1 Å². The fraction of sp³-hybridized carbons (Fsp3) is 0.237. The van der Waals surface area contributed by atoms with E-state index >= 15 is 0 Å². The van der Waals surface area contributed by atoms with Crippen LogP contribution in [-0.2, 0) is 41.6 Å². The molecular formula is C38H36BrN3O9. The third-order valence-electron chi connectivity index (χ3n) is 7.71. The summed E-state index contributed by atoms with van der Waals surface area (Å²) in [4.78, 5) is 63.4. The van der Waals surface area contributed by atoms with Gasteiger partial charge in [0.25, 0.3) is 5.91 Å². The number of hydrogen-bond donors (Lipinski definition) is 3. The minimum absolute atomic E-state index is 0.00342. The van der Waals surface area contributed by atoms with Crippen molar-refractivity contribution in [1.29, 1.82) is 0 Å². The SMILES string of the molecule is CC(C)(C)OC(=O)C(=O)N[C@@H](Cc1ccc(OC(=O)OCc2ccccc2Br)cc1)C(=O)NNC(=O)OCC1c2ccccc2-c2ccccc21. The van der Waals surface area contributed by atoms with Crippen molar-refractivity contribution in [3.05, 3.63) is 124 Å². The normalized spacial score (nSPS) is 12.4. The number of hydrazine groups is 1. The van der Waals surface area contributed by atoms with Crippen molar-refractivity contribution in [2.45, 2.75) is 51.4 Å². The van der Waals surface area contributed by atoms with Crippen molar-refractivity contribution < 1.29 is 42.9 Å². The number of ether oxygens (including phenoxy) is 4. The Bertz CT molecular complexity index is 1880. The Morgan fingerprint density at radius 1 is 0.765 bits per heavy atom. The second-order valence-electron chi connectivity index (χ2n) is 12.5. The molecular weight excluding hydrogens is 722 g/mol. The maximum atomic E-state index is 13.3.